The van der Waals surface area contributed by atoms with Crippen LogP contribution in [0.2, 0.25) is 0 Å². The van der Waals surface area contributed by atoms with Crippen LogP contribution in [0.5, 0.6) is 0 Å². The molecule has 6 nitrogen and oxygen atoms in total. The summed E-state index contributed by atoms with van der Waals surface area (Å²) in [5.41, 5.74) is 0. The van der Waals surface area contributed by atoms with Gasteiger partial charge in [0, 0.05) is 19.3 Å². The number of unbranched alkanes of at least 4 members (excludes halogenated alkanes) is 47. The number of carbonyl (C=O) groups excluding carboxylic acids is 3. The van der Waals surface area contributed by atoms with Crippen LogP contribution in [-0.2, 0) is 28.6 Å². The van der Waals surface area contributed by atoms with Gasteiger partial charge in [-0.05, 0) is 44.9 Å². The first-order valence-corrected chi connectivity index (χ1v) is 32.2. The molecule has 0 aliphatic carbocycles. The summed E-state index contributed by atoms with van der Waals surface area (Å²) in [6, 6.07) is 0. The third kappa shape index (κ3) is 58.9. The molecule has 420 valence electrons. The fraction of sp³-hybridized carbons (Fsp3) is 0.923. The number of carbonyl (C=O) groups is 3. The molecule has 0 bridgehead atoms. The fourth-order valence-electron chi connectivity index (χ4n) is 9.91. The first-order valence-electron chi connectivity index (χ1n) is 32.2. The molecule has 0 aliphatic rings. The van der Waals surface area contributed by atoms with Gasteiger partial charge in [-0.25, -0.2) is 0 Å². The Bertz CT molecular complexity index is 1100. The lowest BCUT2D eigenvalue weighted by atomic mass is 10.0. The van der Waals surface area contributed by atoms with Gasteiger partial charge >= 0.3 is 17.9 Å². The molecular weight excluding hydrogens is 877 g/mol. The van der Waals surface area contributed by atoms with Crippen molar-refractivity contribution in [3.05, 3.63) is 12.2 Å². The molecule has 0 N–H and O–H groups in total. The number of hydrogen-bond donors (Lipinski definition) is 0. The molecule has 0 radical (unpaired) electrons. The molecule has 1 atom stereocenters. The minimum Gasteiger partial charge on any atom is -0.462 e. The number of hydrogen-bond acceptors (Lipinski definition) is 6. The number of esters is 3. The average Bonchev–Trinajstić information content (AvgIpc) is 3.37. The van der Waals surface area contributed by atoms with Crippen molar-refractivity contribution >= 4 is 17.9 Å². The van der Waals surface area contributed by atoms with E-state index < -0.39 is 6.10 Å². The van der Waals surface area contributed by atoms with Gasteiger partial charge in [0.05, 0.1) is 0 Å². The van der Waals surface area contributed by atoms with Crippen LogP contribution in [0.25, 0.3) is 0 Å². The molecule has 0 aliphatic heterocycles. The summed E-state index contributed by atoms with van der Waals surface area (Å²) in [6.07, 6.45) is 70.9. The lowest BCUT2D eigenvalue weighted by Crippen LogP contribution is -2.30. The highest BCUT2D eigenvalue weighted by atomic mass is 16.6. The molecule has 1 unspecified atom stereocenters. The molecule has 0 aromatic rings. The first kappa shape index (κ1) is 69.2. The zero-order valence-electron chi connectivity index (χ0n) is 48.3. The van der Waals surface area contributed by atoms with Crippen LogP contribution < -0.4 is 0 Å². The van der Waals surface area contributed by atoms with Gasteiger partial charge in [0.25, 0.3) is 0 Å². The van der Waals surface area contributed by atoms with Crippen LogP contribution in [0.4, 0.5) is 0 Å². The highest BCUT2D eigenvalue weighted by Crippen LogP contribution is 2.18. The van der Waals surface area contributed by atoms with E-state index in [0.717, 1.165) is 57.8 Å². The van der Waals surface area contributed by atoms with Crippen LogP contribution in [0.15, 0.2) is 12.2 Å². The van der Waals surface area contributed by atoms with Gasteiger partial charge in [-0.2, -0.15) is 0 Å². The number of rotatable bonds is 60. The molecule has 0 spiro atoms. The van der Waals surface area contributed by atoms with Crippen LogP contribution in [0, 0.1) is 0 Å². The van der Waals surface area contributed by atoms with E-state index in [2.05, 4.69) is 32.9 Å². The summed E-state index contributed by atoms with van der Waals surface area (Å²) in [6.45, 7) is 6.70. The van der Waals surface area contributed by atoms with E-state index in [0.29, 0.717) is 19.3 Å². The maximum absolute atomic E-state index is 12.9. The molecular formula is C65H124O6. The van der Waals surface area contributed by atoms with Gasteiger partial charge < -0.3 is 14.2 Å². The minimum absolute atomic E-state index is 0.0634. The summed E-state index contributed by atoms with van der Waals surface area (Å²) in [4.78, 5) is 38.2. The highest BCUT2D eigenvalue weighted by molar-refractivity contribution is 5.71. The Kier molecular flexibility index (Phi) is 59.1. The monoisotopic (exact) mass is 1000 g/mol. The first-order chi connectivity index (χ1) is 35.0. The van der Waals surface area contributed by atoms with Crippen LogP contribution in [0.3, 0.4) is 0 Å². The Balaban J connectivity index is 4.16. The second-order valence-corrected chi connectivity index (χ2v) is 22.0. The van der Waals surface area contributed by atoms with Crippen LogP contribution >= 0.6 is 0 Å². The average molecular weight is 1000 g/mol. The van der Waals surface area contributed by atoms with E-state index in [4.69, 9.17) is 14.2 Å². The molecule has 71 heavy (non-hydrogen) atoms. The molecule has 0 aromatic carbocycles. The van der Waals surface area contributed by atoms with E-state index in [9.17, 15) is 14.4 Å². The highest BCUT2D eigenvalue weighted by Gasteiger charge is 2.19. The zero-order valence-corrected chi connectivity index (χ0v) is 48.3. The van der Waals surface area contributed by atoms with Crippen molar-refractivity contribution in [1.82, 2.24) is 0 Å². The van der Waals surface area contributed by atoms with E-state index >= 15 is 0 Å². The Hall–Kier alpha value is -1.85. The zero-order chi connectivity index (χ0) is 51.4. The van der Waals surface area contributed by atoms with Gasteiger partial charge in [-0.15, -0.1) is 0 Å². The largest absolute Gasteiger partial charge is 0.462 e. The van der Waals surface area contributed by atoms with Crippen molar-refractivity contribution in [3.63, 3.8) is 0 Å². The van der Waals surface area contributed by atoms with Crippen molar-refractivity contribution in [2.45, 2.75) is 374 Å². The summed E-state index contributed by atoms with van der Waals surface area (Å²) in [7, 11) is 0. The predicted octanol–water partition coefficient (Wildman–Crippen LogP) is 21.7. The van der Waals surface area contributed by atoms with E-state index in [1.165, 1.54) is 270 Å². The van der Waals surface area contributed by atoms with Crippen molar-refractivity contribution in [1.29, 1.82) is 0 Å². The lowest BCUT2D eigenvalue weighted by molar-refractivity contribution is -0.167. The van der Waals surface area contributed by atoms with Gasteiger partial charge in [-0.1, -0.05) is 315 Å². The molecule has 6 heteroatoms. The molecule has 0 aromatic heterocycles. The Morgan fingerprint density at radius 3 is 0.704 bits per heavy atom. The van der Waals surface area contributed by atoms with Gasteiger partial charge in [0.2, 0.25) is 0 Å². The van der Waals surface area contributed by atoms with E-state index in [-0.39, 0.29) is 31.1 Å². The predicted molar refractivity (Wildman–Crippen MR) is 307 cm³/mol. The number of ether oxygens (including phenoxy) is 3. The van der Waals surface area contributed by atoms with Crippen LogP contribution in [-0.4, -0.2) is 37.2 Å². The smallest absolute Gasteiger partial charge is 0.306 e. The summed E-state index contributed by atoms with van der Waals surface area (Å²) < 4.78 is 16.9. The summed E-state index contributed by atoms with van der Waals surface area (Å²) >= 11 is 0. The summed E-state index contributed by atoms with van der Waals surface area (Å²) in [5, 5.41) is 0. The summed E-state index contributed by atoms with van der Waals surface area (Å²) in [5.74, 6) is -0.836. The molecule has 0 saturated heterocycles. The lowest BCUT2D eigenvalue weighted by Gasteiger charge is -2.18. The van der Waals surface area contributed by atoms with Crippen molar-refractivity contribution < 1.29 is 28.6 Å². The van der Waals surface area contributed by atoms with Crippen LogP contribution in [0.1, 0.15) is 367 Å². The quantitative estimate of drug-likeness (QED) is 0.0261. The normalized spacial score (nSPS) is 12.0. The third-order valence-electron chi connectivity index (χ3n) is 14.8. The second-order valence-electron chi connectivity index (χ2n) is 22.0. The second kappa shape index (κ2) is 60.7. The molecule has 0 saturated carbocycles. The van der Waals surface area contributed by atoms with Crippen molar-refractivity contribution in [2.24, 2.45) is 0 Å². The minimum atomic E-state index is -0.764. The van der Waals surface area contributed by atoms with Gasteiger partial charge in [0.15, 0.2) is 6.10 Å². The Morgan fingerprint density at radius 2 is 0.465 bits per heavy atom. The molecule has 0 rings (SSSR count). The standard InChI is InChI=1S/C65H124O6/c1-4-7-10-13-16-19-22-24-26-28-30-31-32-33-34-35-36-38-39-41-43-46-49-52-55-58-64(67)70-61-62(60-69-63(66)57-54-51-48-45-21-18-15-12-9-6-3)71-65(68)59-56-53-50-47-44-42-40-37-29-27-25-23-20-17-14-11-8-5-2/h28,30,62H,4-27,29,31-61H2,1-3H3/b30-28-. The maximum atomic E-state index is 12.9. The maximum Gasteiger partial charge on any atom is 0.306 e. The van der Waals surface area contributed by atoms with Gasteiger partial charge in [-0.3, -0.25) is 14.4 Å². The third-order valence-corrected chi connectivity index (χ3v) is 14.8. The van der Waals surface area contributed by atoms with Crippen molar-refractivity contribution in [3.8, 4) is 0 Å². The number of allylic oxidation sites excluding steroid dienone is 2. The SMILES string of the molecule is CCCCCCCCCC/C=C\CCCCCCCCCCCCCCCC(=O)OCC(COC(=O)CCCCCCCCCCCC)OC(=O)CCCCCCCCCCCCCCCCCCCC. The van der Waals surface area contributed by atoms with Gasteiger partial charge in [0.1, 0.15) is 13.2 Å². The molecule has 0 amide bonds. The van der Waals surface area contributed by atoms with E-state index in [1.54, 1.807) is 0 Å². The molecule has 0 heterocycles. The Labute approximate surface area is 443 Å². The fourth-order valence-corrected chi connectivity index (χ4v) is 9.91. The molecule has 0 fully saturated rings. The topological polar surface area (TPSA) is 78.9 Å². The van der Waals surface area contributed by atoms with Crippen molar-refractivity contribution in [2.75, 3.05) is 13.2 Å². The Morgan fingerprint density at radius 1 is 0.268 bits per heavy atom. The van der Waals surface area contributed by atoms with E-state index in [1.807, 2.05) is 0 Å².